The van der Waals surface area contributed by atoms with Crippen LogP contribution < -0.4 is 10.6 Å². The lowest BCUT2D eigenvalue weighted by Gasteiger charge is -2.38. The van der Waals surface area contributed by atoms with Crippen LogP contribution in [0.4, 0.5) is 10.5 Å². The lowest BCUT2D eigenvalue weighted by Crippen LogP contribution is -2.54. The third-order valence-corrected chi connectivity index (χ3v) is 8.02. The molecule has 1 aliphatic heterocycles. The lowest BCUT2D eigenvalue weighted by molar-refractivity contribution is -0.132. The Balaban J connectivity index is 1.40. The van der Waals surface area contributed by atoms with Gasteiger partial charge in [-0.1, -0.05) is 48.0 Å². The summed E-state index contributed by atoms with van der Waals surface area (Å²) >= 11 is 7.67. The fraction of sp³-hybridized carbons (Fsp3) is 0.419. The van der Waals surface area contributed by atoms with Gasteiger partial charge in [0.05, 0.1) is 12.6 Å². The van der Waals surface area contributed by atoms with E-state index in [2.05, 4.69) is 28.5 Å². The first-order valence-electron chi connectivity index (χ1n) is 13.7. The maximum absolute atomic E-state index is 13.2. The normalized spacial score (nSPS) is 14.6. The maximum Gasteiger partial charge on any atom is 0.410 e. The largest absolute Gasteiger partial charge is 0.444 e. The number of hydrogen-bond acceptors (Lipinski definition) is 6. The number of anilines is 1. The molecule has 1 atom stereocenters. The lowest BCUT2D eigenvalue weighted by atomic mass is 10.0. The van der Waals surface area contributed by atoms with E-state index < -0.39 is 11.6 Å². The molecule has 1 aromatic heterocycles. The van der Waals surface area contributed by atoms with Crippen LogP contribution >= 0.6 is 22.9 Å². The van der Waals surface area contributed by atoms with Crippen LogP contribution in [0.5, 0.6) is 0 Å². The number of para-hydroxylation sites is 1. The minimum absolute atomic E-state index is 0.0347. The van der Waals surface area contributed by atoms with Gasteiger partial charge in [0.25, 0.3) is 0 Å². The number of carbonyl (C=O) groups excluding carboxylic acids is 2. The zero-order valence-electron chi connectivity index (χ0n) is 23.5. The summed E-state index contributed by atoms with van der Waals surface area (Å²) in [6, 6.07) is 19.1. The van der Waals surface area contributed by atoms with Crippen LogP contribution in [0.3, 0.4) is 0 Å². The van der Waals surface area contributed by atoms with Crippen LogP contribution in [0.15, 0.2) is 66.0 Å². The van der Waals surface area contributed by atoms with Crippen molar-refractivity contribution in [3.8, 4) is 0 Å². The van der Waals surface area contributed by atoms with Crippen molar-refractivity contribution in [2.24, 2.45) is 5.73 Å². The number of nitrogens with two attached hydrogens (primary N) is 1. The van der Waals surface area contributed by atoms with E-state index in [1.165, 1.54) is 4.88 Å². The predicted molar refractivity (Wildman–Crippen MR) is 163 cm³/mol. The average molecular weight is 583 g/mol. The van der Waals surface area contributed by atoms with Gasteiger partial charge in [-0.25, -0.2) is 4.79 Å². The number of piperazine rings is 1. The molecule has 1 unspecified atom stereocenters. The van der Waals surface area contributed by atoms with E-state index in [9.17, 15) is 9.59 Å². The Morgan fingerprint density at radius 1 is 1.02 bits per heavy atom. The van der Waals surface area contributed by atoms with Gasteiger partial charge in [0.1, 0.15) is 5.60 Å². The van der Waals surface area contributed by atoms with E-state index in [1.54, 1.807) is 16.2 Å². The van der Waals surface area contributed by atoms with Crippen LogP contribution in [0, 0.1) is 0 Å². The maximum atomic E-state index is 13.2. The summed E-state index contributed by atoms with van der Waals surface area (Å²) in [7, 11) is 0. The summed E-state index contributed by atoms with van der Waals surface area (Å²) in [4.78, 5) is 33.4. The van der Waals surface area contributed by atoms with Gasteiger partial charge in [0, 0.05) is 48.3 Å². The smallest absolute Gasteiger partial charge is 0.410 e. The molecule has 2 amide bonds. The van der Waals surface area contributed by atoms with Crippen LogP contribution in [-0.2, 0) is 28.9 Å². The molecule has 2 aromatic carbocycles. The SMILES string of the molecule is CC(C)(C)OC(=O)N(CCc1cccs1)Cc1ccccc1N1CCN(C(=O)C(N)Cc2ccc(Cl)cc2)CC1. The fourth-order valence-electron chi connectivity index (χ4n) is 4.78. The molecule has 2 heterocycles. The molecule has 214 valence electrons. The molecule has 0 spiro atoms. The number of ether oxygens (including phenoxy) is 1. The van der Waals surface area contributed by atoms with Crippen molar-refractivity contribution in [3.63, 3.8) is 0 Å². The van der Waals surface area contributed by atoms with E-state index in [4.69, 9.17) is 22.1 Å². The van der Waals surface area contributed by atoms with Crippen LogP contribution in [0.2, 0.25) is 5.02 Å². The minimum Gasteiger partial charge on any atom is -0.444 e. The first-order chi connectivity index (χ1) is 19.1. The fourth-order valence-corrected chi connectivity index (χ4v) is 5.61. The van der Waals surface area contributed by atoms with Crippen molar-refractivity contribution in [2.75, 3.05) is 37.6 Å². The second kappa shape index (κ2) is 13.5. The molecule has 1 fully saturated rings. The van der Waals surface area contributed by atoms with Crippen molar-refractivity contribution in [1.29, 1.82) is 0 Å². The predicted octanol–water partition coefficient (Wildman–Crippen LogP) is 5.60. The summed E-state index contributed by atoms with van der Waals surface area (Å²) in [5, 5.41) is 2.72. The minimum atomic E-state index is -0.592. The van der Waals surface area contributed by atoms with Gasteiger partial charge in [-0.05, 0) is 74.4 Å². The Labute approximate surface area is 246 Å². The van der Waals surface area contributed by atoms with Crippen LogP contribution in [-0.4, -0.2) is 66.2 Å². The highest BCUT2D eigenvalue weighted by Crippen LogP contribution is 2.25. The van der Waals surface area contributed by atoms with E-state index in [0.29, 0.717) is 50.7 Å². The van der Waals surface area contributed by atoms with Gasteiger partial charge in [-0.15, -0.1) is 11.3 Å². The van der Waals surface area contributed by atoms with E-state index in [-0.39, 0.29) is 12.0 Å². The molecule has 1 saturated heterocycles. The van der Waals surface area contributed by atoms with Crippen molar-refractivity contribution in [1.82, 2.24) is 9.80 Å². The summed E-state index contributed by atoms with van der Waals surface area (Å²) in [5.41, 5.74) is 8.84. The molecular weight excluding hydrogens is 544 g/mol. The number of amides is 2. The van der Waals surface area contributed by atoms with Crippen molar-refractivity contribution in [3.05, 3.63) is 87.1 Å². The number of thiophene rings is 1. The third-order valence-electron chi connectivity index (χ3n) is 6.83. The van der Waals surface area contributed by atoms with Crippen molar-refractivity contribution < 1.29 is 14.3 Å². The highest BCUT2D eigenvalue weighted by molar-refractivity contribution is 7.09. The number of nitrogens with zero attached hydrogens (tertiary/aromatic N) is 3. The Morgan fingerprint density at radius 2 is 1.73 bits per heavy atom. The van der Waals surface area contributed by atoms with E-state index in [0.717, 1.165) is 23.2 Å². The molecule has 2 N–H and O–H groups in total. The molecular formula is C31H39ClN4O3S. The zero-order valence-corrected chi connectivity index (χ0v) is 25.1. The Morgan fingerprint density at radius 3 is 2.38 bits per heavy atom. The molecule has 0 radical (unpaired) electrons. The van der Waals surface area contributed by atoms with E-state index >= 15 is 0 Å². The van der Waals surface area contributed by atoms with Gasteiger partial charge in [-0.3, -0.25) is 4.79 Å². The molecule has 3 aromatic rings. The monoisotopic (exact) mass is 582 g/mol. The summed E-state index contributed by atoms with van der Waals surface area (Å²) in [6.07, 6.45) is 0.935. The van der Waals surface area contributed by atoms with Gasteiger partial charge in [0.15, 0.2) is 0 Å². The third kappa shape index (κ3) is 8.46. The molecule has 9 heteroatoms. The van der Waals surface area contributed by atoms with Gasteiger partial charge in [-0.2, -0.15) is 0 Å². The van der Waals surface area contributed by atoms with E-state index in [1.807, 2.05) is 68.1 Å². The molecule has 0 aliphatic carbocycles. The summed E-state index contributed by atoms with van der Waals surface area (Å²) in [5.74, 6) is -0.0347. The number of hydrogen-bond donors (Lipinski definition) is 1. The van der Waals surface area contributed by atoms with Crippen LogP contribution in [0.1, 0.15) is 36.8 Å². The second-order valence-corrected chi connectivity index (χ2v) is 12.6. The second-order valence-electron chi connectivity index (χ2n) is 11.1. The quantitative estimate of drug-likeness (QED) is 0.355. The molecule has 7 nitrogen and oxygen atoms in total. The van der Waals surface area contributed by atoms with Crippen LogP contribution in [0.25, 0.3) is 0 Å². The van der Waals surface area contributed by atoms with Crippen molar-refractivity contribution >= 4 is 40.6 Å². The number of carbonyl (C=O) groups is 2. The number of benzene rings is 2. The number of rotatable bonds is 9. The average Bonchev–Trinajstić information content (AvgIpc) is 3.45. The Bertz CT molecular complexity index is 1250. The van der Waals surface area contributed by atoms with Gasteiger partial charge >= 0.3 is 6.09 Å². The molecule has 1 aliphatic rings. The number of halogens is 1. The Kier molecular flexibility index (Phi) is 10.1. The Hall–Kier alpha value is -3.07. The molecule has 40 heavy (non-hydrogen) atoms. The standard InChI is InChI=1S/C31H39ClN4O3S/c1-31(2,3)39-30(38)36(15-14-26-8-6-20-40-26)22-24-7-4-5-9-28(24)34-16-18-35(19-17-34)29(37)27(33)21-23-10-12-25(32)13-11-23/h4-13,20,27H,14-19,21-22,33H2,1-3H3. The molecule has 4 rings (SSSR count). The first kappa shape index (κ1) is 29.9. The summed E-state index contributed by atoms with van der Waals surface area (Å²) < 4.78 is 5.75. The summed E-state index contributed by atoms with van der Waals surface area (Å²) in [6.45, 7) is 9.25. The topological polar surface area (TPSA) is 79.1 Å². The molecule has 0 saturated carbocycles. The van der Waals surface area contributed by atoms with Gasteiger partial charge < -0.3 is 25.2 Å². The molecule has 0 bridgehead atoms. The highest BCUT2D eigenvalue weighted by Gasteiger charge is 2.28. The van der Waals surface area contributed by atoms with Gasteiger partial charge in [0.2, 0.25) is 5.91 Å². The highest BCUT2D eigenvalue weighted by atomic mass is 35.5. The van der Waals surface area contributed by atoms with Crippen molar-refractivity contribution in [2.45, 2.75) is 51.8 Å². The zero-order chi connectivity index (χ0) is 28.7. The first-order valence-corrected chi connectivity index (χ1v) is 15.0.